The summed E-state index contributed by atoms with van der Waals surface area (Å²) in [5, 5.41) is 14.2. The van der Waals surface area contributed by atoms with E-state index >= 15 is 0 Å². The van der Waals surface area contributed by atoms with Gasteiger partial charge in [-0.2, -0.15) is 17.6 Å². The third-order valence-corrected chi connectivity index (χ3v) is 6.46. The van der Waals surface area contributed by atoms with Crippen LogP contribution in [-0.4, -0.2) is 37.9 Å². The number of benzene rings is 1. The Balaban J connectivity index is 1.47. The second-order valence-electron chi connectivity index (χ2n) is 9.71. The van der Waals surface area contributed by atoms with E-state index in [-0.39, 0.29) is 6.42 Å². The number of carbonyl (C=O) groups is 1. The van der Waals surface area contributed by atoms with E-state index in [0.717, 1.165) is 23.2 Å². The molecule has 3 heterocycles. The molecule has 0 fully saturated rings. The van der Waals surface area contributed by atoms with Crippen LogP contribution in [0, 0.1) is 5.95 Å². The van der Waals surface area contributed by atoms with Gasteiger partial charge in [-0.1, -0.05) is 29.5 Å². The molecule has 0 aliphatic heterocycles. The lowest BCUT2D eigenvalue weighted by molar-refractivity contribution is -0.141. The molecule has 3 aromatic heterocycles. The molecule has 4 rings (SSSR count). The molecule has 1 N–H and O–H groups in total. The maximum atomic E-state index is 13.5. The Morgan fingerprint density at radius 3 is 2.50 bits per heavy atom. The Hall–Kier alpha value is -3.67. The van der Waals surface area contributed by atoms with Gasteiger partial charge in [0.05, 0.1) is 0 Å². The summed E-state index contributed by atoms with van der Waals surface area (Å²) < 4.78 is 57.5. The van der Waals surface area contributed by atoms with Crippen LogP contribution in [0.1, 0.15) is 43.5 Å². The predicted molar refractivity (Wildman–Crippen MR) is 135 cm³/mol. The highest BCUT2D eigenvalue weighted by Crippen LogP contribution is 2.29. The van der Waals surface area contributed by atoms with Crippen LogP contribution in [0.15, 0.2) is 48.8 Å². The smallest absolute Gasteiger partial charge is 0.433 e. The number of aryl methyl sites for hydroxylation is 1. The molecule has 1 unspecified atom stereocenters. The lowest BCUT2D eigenvalue weighted by Crippen LogP contribution is -2.40. The van der Waals surface area contributed by atoms with Crippen LogP contribution >= 0.6 is 11.3 Å². The van der Waals surface area contributed by atoms with Crippen molar-refractivity contribution in [2.75, 3.05) is 0 Å². The van der Waals surface area contributed by atoms with E-state index in [4.69, 9.17) is 4.74 Å². The highest BCUT2D eigenvalue weighted by molar-refractivity contribution is 7.14. The number of rotatable bonds is 7. The first-order valence-electron chi connectivity index (χ1n) is 11.8. The van der Waals surface area contributed by atoms with Crippen molar-refractivity contribution in [3.8, 4) is 10.6 Å². The molecular weight excluding hydrogens is 522 g/mol. The van der Waals surface area contributed by atoms with Gasteiger partial charge in [-0.05, 0) is 56.7 Å². The standard InChI is InChI=1S/C26H25F4N5O2S/c1-25(2,3)37-24(36)33-19(10-15-4-8-20(31-13-15)26(28,29)30)7-9-22-34-35-23(38-22)16-5-6-17-14-32-21(27)12-18(17)11-16/h4-6,8,11-14,19H,7,9-10H2,1-3H3,(H,33,36). The van der Waals surface area contributed by atoms with Crippen molar-refractivity contribution < 1.29 is 27.1 Å². The summed E-state index contributed by atoms with van der Waals surface area (Å²) in [5.41, 5.74) is -0.370. The van der Waals surface area contributed by atoms with Gasteiger partial charge in [0.25, 0.3) is 0 Å². The van der Waals surface area contributed by atoms with Gasteiger partial charge in [-0.15, -0.1) is 10.2 Å². The van der Waals surface area contributed by atoms with Gasteiger partial charge in [0.1, 0.15) is 21.3 Å². The number of ether oxygens (including phenoxy) is 1. The fourth-order valence-electron chi connectivity index (χ4n) is 3.71. The average Bonchev–Trinajstić information content (AvgIpc) is 3.30. The monoisotopic (exact) mass is 547 g/mol. The first-order valence-corrected chi connectivity index (χ1v) is 12.6. The van der Waals surface area contributed by atoms with E-state index in [2.05, 4.69) is 25.5 Å². The third-order valence-electron chi connectivity index (χ3n) is 5.43. The van der Waals surface area contributed by atoms with Crippen LogP contribution < -0.4 is 5.32 Å². The first kappa shape index (κ1) is 27.4. The van der Waals surface area contributed by atoms with Gasteiger partial charge in [-0.3, -0.25) is 4.98 Å². The average molecular weight is 548 g/mol. The molecule has 0 spiro atoms. The minimum absolute atomic E-state index is 0.250. The summed E-state index contributed by atoms with van der Waals surface area (Å²) in [6.45, 7) is 5.21. The normalized spacial score (nSPS) is 12.9. The minimum Gasteiger partial charge on any atom is -0.444 e. The number of pyridine rings is 2. The van der Waals surface area contributed by atoms with Crippen molar-refractivity contribution in [3.63, 3.8) is 0 Å². The number of nitrogens with one attached hydrogen (secondary N) is 1. The predicted octanol–water partition coefficient (Wildman–Crippen LogP) is 6.37. The number of nitrogens with zero attached hydrogens (tertiary/aromatic N) is 4. The summed E-state index contributed by atoms with van der Waals surface area (Å²) in [6.07, 6.45) is -1.39. The number of alkyl carbamates (subject to hydrolysis) is 1. The van der Waals surface area contributed by atoms with Crippen LogP contribution in [0.2, 0.25) is 0 Å². The van der Waals surface area contributed by atoms with Gasteiger partial charge in [-0.25, -0.2) is 9.78 Å². The molecule has 0 aliphatic carbocycles. The van der Waals surface area contributed by atoms with E-state index in [1.807, 2.05) is 18.2 Å². The number of aromatic nitrogens is 4. The zero-order valence-corrected chi connectivity index (χ0v) is 21.7. The lowest BCUT2D eigenvalue weighted by atomic mass is 10.0. The molecule has 38 heavy (non-hydrogen) atoms. The molecule has 1 atom stereocenters. The fourth-order valence-corrected chi connectivity index (χ4v) is 4.56. The summed E-state index contributed by atoms with van der Waals surface area (Å²) in [5.74, 6) is -0.570. The highest BCUT2D eigenvalue weighted by atomic mass is 32.1. The van der Waals surface area contributed by atoms with Crippen molar-refractivity contribution in [2.24, 2.45) is 0 Å². The maximum Gasteiger partial charge on any atom is 0.433 e. The molecule has 0 radical (unpaired) electrons. The Morgan fingerprint density at radius 2 is 1.82 bits per heavy atom. The fraction of sp³-hybridized carbons (Fsp3) is 0.346. The zero-order chi connectivity index (χ0) is 27.5. The SMILES string of the molecule is CC(C)(C)OC(=O)NC(CCc1nnc(-c2ccc3cnc(F)cc3c2)s1)Cc1ccc(C(F)(F)F)nc1. The van der Waals surface area contributed by atoms with Crippen LogP contribution in [0.4, 0.5) is 22.4 Å². The van der Waals surface area contributed by atoms with Gasteiger partial charge in [0.15, 0.2) is 0 Å². The first-order chi connectivity index (χ1) is 17.9. The summed E-state index contributed by atoms with van der Waals surface area (Å²) in [4.78, 5) is 19.6. The number of hydrogen-bond acceptors (Lipinski definition) is 7. The number of halogens is 4. The summed E-state index contributed by atoms with van der Waals surface area (Å²) in [6, 6.07) is 8.67. The van der Waals surface area contributed by atoms with E-state index in [1.165, 1.54) is 29.7 Å². The Kier molecular flexibility index (Phi) is 7.91. The van der Waals surface area contributed by atoms with Crippen molar-refractivity contribution in [3.05, 3.63) is 71.0 Å². The molecule has 4 aromatic rings. The molecule has 0 aliphatic rings. The molecule has 0 bridgehead atoms. The lowest BCUT2D eigenvalue weighted by Gasteiger charge is -2.23. The zero-order valence-electron chi connectivity index (χ0n) is 20.8. The molecule has 12 heteroatoms. The van der Waals surface area contributed by atoms with Gasteiger partial charge in [0, 0.05) is 41.9 Å². The number of carbonyl (C=O) groups excluding carboxylic acids is 1. The Labute approximate surface area is 220 Å². The number of alkyl halides is 3. The maximum absolute atomic E-state index is 13.5. The quantitative estimate of drug-likeness (QED) is 0.214. The molecule has 200 valence electrons. The van der Waals surface area contributed by atoms with E-state index in [9.17, 15) is 22.4 Å². The number of amides is 1. The second-order valence-corrected chi connectivity index (χ2v) is 10.8. The van der Waals surface area contributed by atoms with Gasteiger partial charge < -0.3 is 10.1 Å². The molecule has 1 aromatic carbocycles. The van der Waals surface area contributed by atoms with Crippen LogP contribution in [0.25, 0.3) is 21.3 Å². The van der Waals surface area contributed by atoms with E-state index < -0.39 is 35.6 Å². The van der Waals surface area contributed by atoms with Gasteiger partial charge in [0.2, 0.25) is 5.95 Å². The third kappa shape index (κ3) is 7.44. The van der Waals surface area contributed by atoms with E-state index in [1.54, 1.807) is 20.8 Å². The summed E-state index contributed by atoms with van der Waals surface area (Å²) >= 11 is 1.37. The number of fused-ring (bicyclic) bond motifs is 1. The topological polar surface area (TPSA) is 89.9 Å². The van der Waals surface area contributed by atoms with Gasteiger partial charge >= 0.3 is 12.3 Å². The minimum atomic E-state index is -4.53. The van der Waals surface area contributed by atoms with E-state index in [0.29, 0.717) is 33.8 Å². The Bertz CT molecular complexity index is 1420. The largest absolute Gasteiger partial charge is 0.444 e. The van der Waals surface area contributed by atoms with Crippen molar-refractivity contribution in [1.29, 1.82) is 0 Å². The van der Waals surface area contributed by atoms with Crippen molar-refractivity contribution in [1.82, 2.24) is 25.5 Å². The highest BCUT2D eigenvalue weighted by Gasteiger charge is 2.32. The molecule has 1 amide bonds. The van der Waals surface area contributed by atoms with Crippen LogP contribution in [0.5, 0.6) is 0 Å². The summed E-state index contributed by atoms with van der Waals surface area (Å²) in [7, 11) is 0. The molecule has 0 saturated carbocycles. The number of hydrogen-bond donors (Lipinski definition) is 1. The molecule has 0 saturated heterocycles. The Morgan fingerprint density at radius 1 is 1.03 bits per heavy atom. The van der Waals surface area contributed by atoms with Crippen LogP contribution in [-0.2, 0) is 23.8 Å². The molecule has 7 nitrogen and oxygen atoms in total. The molecular formula is C26H25F4N5O2S. The second kappa shape index (κ2) is 11.0. The van der Waals surface area contributed by atoms with Crippen molar-refractivity contribution in [2.45, 2.75) is 57.9 Å². The van der Waals surface area contributed by atoms with Crippen LogP contribution in [0.3, 0.4) is 0 Å². The van der Waals surface area contributed by atoms with Crippen molar-refractivity contribution >= 4 is 28.2 Å².